The lowest BCUT2D eigenvalue weighted by Gasteiger charge is -2.43. The molecule has 1 aliphatic carbocycles. The molecule has 1 aromatic carbocycles. The molecule has 3 N–H and O–H groups in total. The Bertz CT molecular complexity index is 1120. The summed E-state index contributed by atoms with van der Waals surface area (Å²) in [7, 11) is 0. The maximum atomic E-state index is 13.1. The summed E-state index contributed by atoms with van der Waals surface area (Å²) in [5, 5.41) is 13.0. The van der Waals surface area contributed by atoms with Gasteiger partial charge >= 0.3 is 6.03 Å². The number of carbonyl (C=O) groups is 2. The fraction of sp³-hybridized carbons (Fsp3) is 0.481. The molecule has 9 heteroatoms. The van der Waals surface area contributed by atoms with E-state index in [2.05, 4.69) is 40.2 Å². The van der Waals surface area contributed by atoms with Crippen LogP contribution in [0.4, 0.5) is 4.79 Å². The first-order valence-corrected chi connectivity index (χ1v) is 13.8. The number of primary amides is 1. The van der Waals surface area contributed by atoms with Crippen LogP contribution in [0.3, 0.4) is 0 Å². The third-order valence-corrected chi connectivity index (χ3v) is 8.85. The number of amides is 3. The first kappa shape index (κ1) is 25.4. The molecule has 192 valence electrons. The van der Waals surface area contributed by atoms with Crippen LogP contribution in [-0.4, -0.2) is 64.2 Å². The van der Waals surface area contributed by atoms with Gasteiger partial charge in [0.2, 0.25) is 5.91 Å². The maximum Gasteiger partial charge on any atom is 0.314 e. The van der Waals surface area contributed by atoms with Crippen molar-refractivity contribution in [3.63, 3.8) is 0 Å². The molecule has 0 saturated carbocycles. The average molecular weight is 576 g/mol. The monoisotopic (exact) mass is 574 g/mol. The highest BCUT2D eigenvalue weighted by Crippen LogP contribution is 2.45. The molecule has 0 aromatic heterocycles. The summed E-state index contributed by atoms with van der Waals surface area (Å²) < 4.78 is 0.825. The molecule has 0 spiro atoms. The van der Waals surface area contributed by atoms with Gasteiger partial charge in [-0.3, -0.25) is 15.1 Å². The first-order valence-electron chi connectivity index (χ1n) is 12.7. The van der Waals surface area contributed by atoms with Crippen molar-refractivity contribution < 1.29 is 14.8 Å². The predicted molar refractivity (Wildman–Crippen MR) is 144 cm³/mol. The molecule has 3 amide bonds. The molecule has 2 atom stereocenters. The summed E-state index contributed by atoms with van der Waals surface area (Å²) in [6.45, 7) is 2.70. The lowest BCUT2D eigenvalue weighted by Crippen LogP contribution is -2.46. The Morgan fingerprint density at radius 2 is 1.75 bits per heavy atom. The van der Waals surface area contributed by atoms with E-state index in [1.807, 2.05) is 17.0 Å². The van der Waals surface area contributed by atoms with Crippen molar-refractivity contribution in [2.75, 3.05) is 26.2 Å². The summed E-state index contributed by atoms with van der Waals surface area (Å²) in [6, 6.07) is 5.43. The summed E-state index contributed by atoms with van der Waals surface area (Å²) >= 11 is 9.84. The van der Waals surface area contributed by atoms with Gasteiger partial charge in [-0.05, 0) is 88.4 Å². The molecule has 0 radical (unpaired) electrons. The highest BCUT2D eigenvalue weighted by molar-refractivity contribution is 9.11. The van der Waals surface area contributed by atoms with Crippen molar-refractivity contribution in [2.24, 2.45) is 17.6 Å². The second-order valence-corrected chi connectivity index (χ2v) is 11.7. The van der Waals surface area contributed by atoms with Crippen LogP contribution in [-0.2, 0) is 4.79 Å². The van der Waals surface area contributed by atoms with Crippen molar-refractivity contribution in [3.05, 3.63) is 62.8 Å². The molecule has 7 nitrogen and oxygen atoms in total. The van der Waals surface area contributed by atoms with E-state index in [-0.39, 0.29) is 23.9 Å². The van der Waals surface area contributed by atoms with Crippen molar-refractivity contribution >= 4 is 45.5 Å². The Morgan fingerprint density at radius 3 is 2.44 bits per heavy atom. The highest BCUT2D eigenvalue weighted by atomic mass is 79.9. The number of carbonyl (C=O) groups excluding carboxylic acids is 2. The van der Waals surface area contributed by atoms with Crippen LogP contribution in [0.15, 0.2) is 46.6 Å². The number of fused-ring (bicyclic) bond motifs is 2. The van der Waals surface area contributed by atoms with Crippen molar-refractivity contribution in [3.8, 4) is 0 Å². The normalized spacial score (nSPS) is 25.0. The zero-order valence-corrected chi connectivity index (χ0v) is 22.5. The zero-order chi connectivity index (χ0) is 25.4. The topological polar surface area (TPSA) is 90.1 Å². The van der Waals surface area contributed by atoms with Gasteiger partial charge in [0, 0.05) is 54.2 Å². The second-order valence-electron chi connectivity index (χ2n) is 10.3. The number of hydrogen-bond donors (Lipinski definition) is 2. The van der Waals surface area contributed by atoms with Crippen molar-refractivity contribution in [1.29, 1.82) is 0 Å². The minimum absolute atomic E-state index is 0.0655. The number of nitrogens with zero attached hydrogens (tertiary/aromatic N) is 3. The van der Waals surface area contributed by atoms with Crippen LogP contribution >= 0.6 is 27.5 Å². The van der Waals surface area contributed by atoms with E-state index < -0.39 is 0 Å². The van der Waals surface area contributed by atoms with E-state index in [1.54, 1.807) is 11.1 Å². The van der Waals surface area contributed by atoms with Gasteiger partial charge in [-0.15, -0.1) is 0 Å². The number of allylic oxidation sites excluding steroid dienone is 2. The molecule has 2 fully saturated rings. The van der Waals surface area contributed by atoms with E-state index in [9.17, 15) is 14.8 Å². The minimum atomic E-state index is -0.375. The Morgan fingerprint density at radius 1 is 1.06 bits per heavy atom. The van der Waals surface area contributed by atoms with Crippen molar-refractivity contribution in [2.45, 2.75) is 44.1 Å². The van der Waals surface area contributed by atoms with E-state index in [1.165, 1.54) is 10.6 Å². The van der Waals surface area contributed by atoms with Crippen LogP contribution in [0.2, 0.25) is 5.02 Å². The Labute approximate surface area is 225 Å². The number of hydrogen-bond acceptors (Lipinski definition) is 4. The molecule has 4 aliphatic rings. The Hall–Kier alpha value is -2.29. The number of likely N-dealkylation sites (tertiary alicyclic amines) is 2. The molecular formula is C27H32BrClN4O3. The number of nitrogens with two attached hydrogens (primary N) is 1. The van der Waals surface area contributed by atoms with Crippen LogP contribution in [0.5, 0.6) is 0 Å². The molecule has 36 heavy (non-hydrogen) atoms. The fourth-order valence-corrected chi connectivity index (χ4v) is 6.92. The Kier molecular flexibility index (Phi) is 7.47. The largest absolute Gasteiger partial charge is 0.351 e. The van der Waals surface area contributed by atoms with Gasteiger partial charge in [0.05, 0.1) is 6.04 Å². The standard InChI is InChI=1S/C27H32BrClN4O3/c28-21-14-20-2-1-19-15-22(29)3-4-23(19)25(26(20)33(36)16-21)18-7-11-31(12-8-18)24(34)13-17-5-9-32(10-6-17)27(30)35/h1-4,14-18,25-26,36H,5-13H2,(H2,30,35)/t25-,26?/m0/s1. The molecular weight excluding hydrogens is 544 g/mol. The Balaban J connectivity index is 1.28. The number of hydroxylamine groups is 2. The maximum absolute atomic E-state index is 13.1. The molecule has 0 bridgehead atoms. The van der Waals surface area contributed by atoms with E-state index in [0.29, 0.717) is 49.5 Å². The summed E-state index contributed by atoms with van der Waals surface area (Å²) in [4.78, 5) is 28.1. The lowest BCUT2D eigenvalue weighted by molar-refractivity contribution is -0.134. The van der Waals surface area contributed by atoms with Crippen LogP contribution in [0.25, 0.3) is 6.08 Å². The van der Waals surface area contributed by atoms with E-state index in [0.717, 1.165) is 41.3 Å². The van der Waals surface area contributed by atoms with E-state index >= 15 is 0 Å². The molecule has 1 unspecified atom stereocenters. The number of rotatable bonds is 3. The second kappa shape index (κ2) is 10.6. The third kappa shape index (κ3) is 5.22. The van der Waals surface area contributed by atoms with Crippen LogP contribution in [0, 0.1) is 11.8 Å². The van der Waals surface area contributed by atoms with Crippen LogP contribution in [0.1, 0.15) is 49.1 Å². The number of halogens is 2. The SMILES string of the molecule is NC(=O)N1CCC(CC(=O)N2CCC([C@H]3c4ccc(Cl)cc4C=CC4=CC(Br)=CN(O)C43)CC2)CC1. The quantitative estimate of drug-likeness (QED) is 0.524. The molecule has 3 aliphatic heterocycles. The summed E-state index contributed by atoms with van der Waals surface area (Å²) in [6.07, 6.45) is 11.9. The molecule has 3 heterocycles. The molecule has 5 rings (SSSR count). The molecule has 1 aromatic rings. The fourth-order valence-electron chi connectivity index (χ4n) is 6.26. The lowest BCUT2D eigenvalue weighted by atomic mass is 9.73. The minimum Gasteiger partial charge on any atom is -0.351 e. The first-order chi connectivity index (χ1) is 17.3. The predicted octanol–water partition coefficient (Wildman–Crippen LogP) is 5.11. The van der Waals surface area contributed by atoms with Gasteiger partial charge in [0.15, 0.2) is 0 Å². The van der Waals surface area contributed by atoms with Gasteiger partial charge in [-0.2, -0.15) is 0 Å². The van der Waals surface area contributed by atoms with Crippen molar-refractivity contribution in [1.82, 2.24) is 14.9 Å². The zero-order valence-electron chi connectivity index (χ0n) is 20.2. The van der Waals surface area contributed by atoms with Gasteiger partial charge in [-0.25, -0.2) is 4.79 Å². The number of piperidine rings is 2. The van der Waals surface area contributed by atoms with Gasteiger partial charge in [0.1, 0.15) is 0 Å². The number of benzene rings is 1. The number of urea groups is 1. The van der Waals surface area contributed by atoms with Crippen LogP contribution < -0.4 is 5.73 Å². The van der Waals surface area contributed by atoms with Gasteiger partial charge < -0.3 is 15.5 Å². The van der Waals surface area contributed by atoms with Gasteiger partial charge in [-0.1, -0.05) is 29.8 Å². The van der Waals surface area contributed by atoms with E-state index in [4.69, 9.17) is 17.3 Å². The third-order valence-electron chi connectivity index (χ3n) is 8.18. The summed E-state index contributed by atoms with van der Waals surface area (Å²) in [5.74, 6) is 0.879. The summed E-state index contributed by atoms with van der Waals surface area (Å²) in [5.41, 5.74) is 8.69. The van der Waals surface area contributed by atoms with Gasteiger partial charge in [0.25, 0.3) is 0 Å². The molecule has 2 saturated heterocycles. The average Bonchev–Trinajstić information content (AvgIpc) is 3.01. The highest BCUT2D eigenvalue weighted by Gasteiger charge is 2.41. The smallest absolute Gasteiger partial charge is 0.314 e.